The van der Waals surface area contributed by atoms with E-state index in [0.717, 1.165) is 18.0 Å². The Morgan fingerprint density at radius 3 is 3.00 bits per heavy atom. The van der Waals surface area contributed by atoms with Gasteiger partial charge in [-0.05, 0) is 43.0 Å². The van der Waals surface area contributed by atoms with E-state index in [9.17, 15) is 0 Å². The zero-order valence-electron chi connectivity index (χ0n) is 11.9. The average Bonchev–Trinajstić information content (AvgIpc) is 2.85. The van der Waals surface area contributed by atoms with E-state index in [1.807, 2.05) is 6.07 Å². The number of hydrogen-bond donors (Lipinski definition) is 1. The fourth-order valence-corrected chi connectivity index (χ4v) is 2.93. The van der Waals surface area contributed by atoms with Crippen molar-refractivity contribution in [1.82, 2.24) is 4.90 Å². The summed E-state index contributed by atoms with van der Waals surface area (Å²) in [5, 5.41) is 8.74. The van der Waals surface area contributed by atoms with Gasteiger partial charge in [-0.15, -0.1) is 0 Å². The smallest absolute Gasteiger partial charge is 0.104 e. The monoisotopic (exact) mass is 257 g/mol. The summed E-state index contributed by atoms with van der Waals surface area (Å²) in [6.45, 7) is 6.76. The highest BCUT2D eigenvalue weighted by atomic mass is 16.2. The van der Waals surface area contributed by atoms with E-state index in [4.69, 9.17) is 5.11 Å². The molecule has 0 spiro atoms. The van der Waals surface area contributed by atoms with Gasteiger partial charge in [0.05, 0.1) is 0 Å². The minimum Gasteiger partial charge on any atom is -0.384 e. The normalized spacial score (nSPS) is 19.5. The first-order valence-electron chi connectivity index (χ1n) is 7.13. The SMILES string of the molecule is CC(C)C1CCCN1Cc1cccc(C#CCO)c1. The zero-order chi connectivity index (χ0) is 13.7. The third kappa shape index (κ3) is 3.83. The summed E-state index contributed by atoms with van der Waals surface area (Å²) in [5.74, 6) is 6.40. The molecule has 1 saturated heterocycles. The van der Waals surface area contributed by atoms with Crippen LogP contribution in [0.1, 0.15) is 37.8 Å². The molecule has 0 bridgehead atoms. The van der Waals surface area contributed by atoms with Gasteiger partial charge in [0.2, 0.25) is 0 Å². The summed E-state index contributed by atoms with van der Waals surface area (Å²) in [6.07, 6.45) is 2.63. The zero-order valence-corrected chi connectivity index (χ0v) is 11.9. The van der Waals surface area contributed by atoms with Crippen LogP contribution in [0.4, 0.5) is 0 Å². The molecule has 2 rings (SSSR count). The molecule has 1 heterocycles. The predicted molar refractivity (Wildman–Crippen MR) is 78.7 cm³/mol. The predicted octanol–water partition coefficient (Wildman–Crippen LogP) is 2.65. The van der Waals surface area contributed by atoms with Crippen molar-refractivity contribution in [2.45, 2.75) is 39.3 Å². The molecular formula is C17H23NO. The fraction of sp³-hybridized carbons (Fsp3) is 0.529. The quantitative estimate of drug-likeness (QED) is 0.842. The standard InChI is InChI=1S/C17H23NO/c1-14(2)17-9-4-10-18(17)13-16-7-3-6-15(12-16)8-5-11-19/h3,6-7,12,14,17,19H,4,9-11,13H2,1-2H3. The number of likely N-dealkylation sites (tertiary alicyclic amines) is 1. The molecule has 0 aromatic heterocycles. The molecule has 19 heavy (non-hydrogen) atoms. The third-order valence-electron chi connectivity index (χ3n) is 3.81. The lowest BCUT2D eigenvalue weighted by atomic mass is 10.0. The summed E-state index contributed by atoms with van der Waals surface area (Å²) >= 11 is 0. The number of benzene rings is 1. The molecule has 1 N–H and O–H groups in total. The van der Waals surface area contributed by atoms with Crippen molar-refractivity contribution in [3.05, 3.63) is 35.4 Å². The van der Waals surface area contributed by atoms with Crippen LogP contribution in [0.25, 0.3) is 0 Å². The Bertz CT molecular complexity index is 470. The van der Waals surface area contributed by atoms with Crippen molar-refractivity contribution in [2.75, 3.05) is 13.2 Å². The van der Waals surface area contributed by atoms with Gasteiger partial charge in [0.1, 0.15) is 6.61 Å². The van der Waals surface area contributed by atoms with E-state index in [-0.39, 0.29) is 6.61 Å². The van der Waals surface area contributed by atoms with E-state index < -0.39 is 0 Å². The number of aliphatic hydroxyl groups is 1. The Hall–Kier alpha value is -1.30. The van der Waals surface area contributed by atoms with Crippen molar-refractivity contribution < 1.29 is 5.11 Å². The minimum absolute atomic E-state index is 0.0776. The first-order chi connectivity index (χ1) is 9.20. The molecule has 2 heteroatoms. The van der Waals surface area contributed by atoms with Gasteiger partial charge < -0.3 is 5.11 Å². The third-order valence-corrected chi connectivity index (χ3v) is 3.81. The number of hydrogen-bond acceptors (Lipinski definition) is 2. The Kier molecular flexibility index (Phi) is 5.01. The van der Waals surface area contributed by atoms with Gasteiger partial charge in [-0.1, -0.05) is 37.8 Å². The van der Waals surface area contributed by atoms with Gasteiger partial charge in [-0.2, -0.15) is 0 Å². The van der Waals surface area contributed by atoms with Crippen molar-refractivity contribution in [1.29, 1.82) is 0 Å². The lowest BCUT2D eigenvalue weighted by Gasteiger charge is -2.27. The largest absolute Gasteiger partial charge is 0.384 e. The first-order valence-corrected chi connectivity index (χ1v) is 7.13. The van der Waals surface area contributed by atoms with Crippen LogP contribution in [0.3, 0.4) is 0 Å². The molecule has 0 radical (unpaired) electrons. The Labute approximate surface area is 116 Å². The van der Waals surface area contributed by atoms with E-state index >= 15 is 0 Å². The van der Waals surface area contributed by atoms with E-state index in [2.05, 4.69) is 48.8 Å². The molecule has 0 amide bonds. The average molecular weight is 257 g/mol. The maximum absolute atomic E-state index is 8.74. The van der Waals surface area contributed by atoms with Crippen LogP contribution in [0.15, 0.2) is 24.3 Å². The van der Waals surface area contributed by atoms with Crippen LogP contribution in [0.2, 0.25) is 0 Å². The second-order valence-corrected chi connectivity index (χ2v) is 5.58. The van der Waals surface area contributed by atoms with E-state index in [1.165, 1.54) is 24.9 Å². The van der Waals surface area contributed by atoms with E-state index in [0.29, 0.717) is 6.04 Å². The van der Waals surface area contributed by atoms with Gasteiger partial charge in [0, 0.05) is 18.2 Å². The Morgan fingerprint density at radius 1 is 1.42 bits per heavy atom. The van der Waals surface area contributed by atoms with Gasteiger partial charge in [-0.25, -0.2) is 0 Å². The maximum atomic E-state index is 8.74. The van der Waals surface area contributed by atoms with Gasteiger partial charge in [0.15, 0.2) is 0 Å². The van der Waals surface area contributed by atoms with Crippen LogP contribution in [0, 0.1) is 17.8 Å². The molecule has 0 saturated carbocycles. The van der Waals surface area contributed by atoms with Crippen LogP contribution in [0.5, 0.6) is 0 Å². The molecule has 1 aromatic carbocycles. The molecule has 1 aliphatic rings. The molecule has 1 fully saturated rings. The van der Waals surface area contributed by atoms with Crippen molar-refractivity contribution in [3.8, 4) is 11.8 Å². The lowest BCUT2D eigenvalue weighted by Crippen LogP contribution is -2.32. The Balaban J connectivity index is 2.06. The summed E-state index contributed by atoms with van der Waals surface area (Å²) in [4.78, 5) is 2.59. The molecule has 0 aliphatic carbocycles. The van der Waals surface area contributed by atoms with Crippen LogP contribution in [-0.4, -0.2) is 29.2 Å². The van der Waals surface area contributed by atoms with Crippen LogP contribution < -0.4 is 0 Å². The summed E-state index contributed by atoms with van der Waals surface area (Å²) in [6, 6.07) is 9.07. The van der Waals surface area contributed by atoms with Crippen LogP contribution >= 0.6 is 0 Å². The maximum Gasteiger partial charge on any atom is 0.104 e. The van der Waals surface area contributed by atoms with E-state index in [1.54, 1.807) is 0 Å². The summed E-state index contributed by atoms with van der Waals surface area (Å²) in [7, 11) is 0. The minimum atomic E-state index is -0.0776. The van der Waals surface area contributed by atoms with Crippen molar-refractivity contribution in [3.63, 3.8) is 0 Å². The number of nitrogens with zero attached hydrogens (tertiary/aromatic N) is 1. The molecule has 1 atom stereocenters. The molecule has 1 unspecified atom stereocenters. The second kappa shape index (κ2) is 6.75. The summed E-state index contributed by atoms with van der Waals surface area (Å²) < 4.78 is 0. The highest BCUT2D eigenvalue weighted by Gasteiger charge is 2.26. The van der Waals surface area contributed by atoms with Crippen LogP contribution in [-0.2, 0) is 6.54 Å². The number of rotatable bonds is 3. The highest BCUT2D eigenvalue weighted by molar-refractivity contribution is 5.37. The first kappa shape index (κ1) is 14.1. The van der Waals surface area contributed by atoms with Crippen molar-refractivity contribution >= 4 is 0 Å². The molecule has 1 aromatic rings. The molecule has 102 valence electrons. The molecule has 2 nitrogen and oxygen atoms in total. The molecule has 1 aliphatic heterocycles. The molecular weight excluding hydrogens is 234 g/mol. The second-order valence-electron chi connectivity index (χ2n) is 5.58. The van der Waals surface area contributed by atoms with Gasteiger partial charge in [0.25, 0.3) is 0 Å². The topological polar surface area (TPSA) is 23.5 Å². The number of aliphatic hydroxyl groups excluding tert-OH is 1. The lowest BCUT2D eigenvalue weighted by molar-refractivity contribution is 0.199. The fourth-order valence-electron chi connectivity index (χ4n) is 2.93. The van der Waals surface area contributed by atoms with Gasteiger partial charge in [-0.3, -0.25) is 4.90 Å². The summed E-state index contributed by atoms with van der Waals surface area (Å²) in [5.41, 5.74) is 2.31. The Morgan fingerprint density at radius 2 is 2.26 bits per heavy atom. The highest BCUT2D eigenvalue weighted by Crippen LogP contribution is 2.25. The van der Waals surface area contributed by atoms with Crippen molar-refractivity contribution in [2.24, 2.45) is 5.92 Å². The van der Waals surface area contributed by atoms with Gasteiger partial charge >= 0.3 is 0 Å².